The second-order valence-electron chi connectivity index (χ2n) is 3.71. The Balaban J connectivity index is 3.83. The minimum Gasteiger partial charge on any atom is -0.395 e. The predicted octanol–water partition coefficient (Wildman–Crippen LogP) is -2.51. The lowest BCUT2D eigenvalue weighted by molar-refractivity contribution is 0.155. The van der Waals surface area contributed by atoms with Gasteiger partial charge in [0.25, 0.3) is 0 Å². The Bertz CT molecular complexity index is 121. The first-order valence-corrected chi connectivity index (χ1v) is 5.85. The molecule has 0 aromatic rings. The summed E-state index contributed by atoms with van der Waals surface area (Å²) in [5.74, 6) is 0. The second-order valence-corrected chi connectivity index (χ2v) is 3.71. The van der Waals surface area contributed by atoms with E-state index in [1.807, 2.05) is 0 Å². The van der Waals surface area contributed by atoms with E-state index >= 15 is 0 Å². The molecule has 0 fully saturated rings. The van der Waals surface area contributed by atoms with E-state index in [2.05, 4.69) is 9.80 Å². The molecule has 0 spiro atoms. The standard InChI is InChI=1S/C10H26N4O2/c11-1-3-13(7-9-15)5-6-14(4-2-12)8-10-16/h15-16H,1-12H2. The average Bonchev–Trinajstić information content (AvgIpc) is 2.27. The van der Waals surface area contributed by atoms with E-state index in [1.165, 1.54) is 0 Å². The molecule has 0 aliphatic heterocycles. The Kier molecular flexibility index (Phi) is 11.1. The highest BCUT2D eigenvalue weighted by atomic mass is 16.3. The van der Waals surface area contributed by atoms with Gasteiger partial charge < -0.3 is 21.7 Å². The zero-order valence-electron chi connectivity index (χ0n) is 10.0. The summed E-state index contributed by atoms with van der Waals surface area (Å²) in [5, 5.41) is 17.8. The molecule has 0 saturated heterocycles. The zero-order chi connectivity index (χ0) is 12.2. The Morgan fingerprint density at radius 2 is 1.00 bits per heavy atom. The summed E-state index contributed by atoms with van der Waals surface area (Å²) in [6.45, 7) is 6.04. The van der Waals surface area contributed by atoms with E-state index in [0.29, 0.717) is 26.2 Å². The van der Waals surface area contributed by atoms with Gasteiger partial charge in [-0.15, -0.1) is 0 Å². The lowest BCUT2D eigenvalue weighted by Crippen LogP contribution is -2.41. The van der Waals surface area contributed by atoms with Crippen LogP contribution < -0.4 is 11.5 Å². The molecule has 0 heterocycles. The van der Waals surface area contributed by atoms with Crippen molar-refractivity contribution in [1.29, 1.82) is 0 Å². The maximum Gasteiger partial charge on any atom is 0.0558 e. The number of rotatable bonds is 11. The largest absolute Gasteiger partial charge is 0.395 e. The van der Waals surface area contributed by atoms with Gasteiger partial charge >= 0.3 is 0 Å². The molecule has 0 saturated carbocycles. The third-order valence-corrected chi connectivity index (χ3v) is 2.46. The lowest BCUT2D eigenvalue weighted by atomic mass is 10.4. The molecule has 0 amide bonds. The molecule has 0 aromatic heterocycles. The van der Waals surface area contributed by atoms with Crippen molar-refractivity contribution in [2.45, 2.75) is 0 Å². The van der Waals surface area contributed by atoms with Crippen molar-refractivity contribution >= 4 is 0 Å². The van der Waals surface area contributed by atoms with Crippen molar-refractivity contribution in [1.82, 2.24) is 9.80 Å². The maximum absolute atomic E-state index is 8.88. The van der Waals surface area contributed by atoms with Crippen molar-refractivity contribution in [3.63, 3.8) is 0 Å². The molecule has 16 heavy (non-hydrogen) atoms. The van der Waals surface area contributed by atoms with Gasteiger partial charge in [-0.1, -0.05) is 0 Å². The quantitative estimate of drug-likeness (QED) is 0.315. The Morgan fingerprint density at radius 1 is 0.625 bits per heavy atom. The molecule has 0 atom stereocenters. The first kappa shape index (κ1) is 15.8. The van der Waals surface area contributed by atoms with Crippen LogP contribution >= 0.6 is 0 Å². The summed E-state index contributed by atoms with van der Waals surface area (Å²) >= 11 is 0. The van der Waals surface area contributed by atoms with Gasteiger partial charge in [-0.05, 0) is 0 Å². The van der Waals surface area contributed by atoms with E-state index in [1.54, 1.807) is 0 Å². The third-order valence-electron chi connectivity index (χ3n) is 2.46. The first-order chi connectivity index (χ1) is 7.78. The van der Waals surface area contributed by atoms with Gasteiger partial charge in [-0.25, -0.2) is 0 Å². The molecular weight excluding hydrogens is 208 g/mol. The number of hydrogen-bond donors (Lipinski definition) is 4. The Morgan fingerprint density at radius 3 is 1.25 bits per heavy atom. The second kappa shape index (κ2) is 11.3. The molecule has 0 radical (unpaired) electrons. The maximum atomic E-state index is 8.88. The summed E-state index contributed by atoms with van der Waals surface area (Å²) < 4.78 is 0. The fourth-order valence-corrected chi connectivity index (χ4v) is 1.60. The monoisotopic (exact) mass is 234 g/mol. The molecule has 0 aliphatic carbocycles. The molecule has 0 aliphatic rings. The van der Waals surface area contributed by atoms with Crippen LogP contribution in [0.3, 0.4) is 0 Å². The van der Waals surface area contributed by atoms with Crippen LogP contribution in [0.1, 0.15) is 0 Å². The van der Waals surface area contributed by atoms with Crippen molar-refractivity contribution in [2.24, 2.45) is 11.5 Å². The van der Waals surface area contributed by atoms with Crippen LogP contribution in [0.2, 0.25) is 0 Å². The smallest absolute Gasteiger partial charge is 0.0558 e. The van der Waals surface area contributed by atoms with E-state index < -0.39 is 0 Å². The van der Waals surface area contributed by atoms with Gasteiger partial charge in [-0.2, -0.15) is 0 Å². The van der Waals surface area contributed by atoms with Crippen molar-refractivity contribution in [2.75, 3.05) is 65.6 Å². The molecule has 0 rings (SSSR count). The molecule has 0 aromatic carbocycles. The van der Waals surface area contributed by atoms with Crippen LogP contribution in [0.25, 0.3) is 0 Å². The van der Waals surface area contributed by atoms with Crippen LogP contribution in [-0.2, 0) is 0 Å². The van der Waals surface area contributed by atoms with Crippen LogP contribution in [-0.4, -0.2) is 85.6 Å². The van der Waals surface area contributed by atoms with E-state index in [0.717, 1.165) is 26.2 Å². The third kappa shape index (κ3) is 7.98. The van der Waals surface area contributed by atoms with Gasteiger partial charge in [0, 0.05) is 52.4 Å². The Labute approximate surface area is 97.8 Å². The normalized spacial score (nSPS) is 11.6. The predicted molar refractivity (Wildman–Crippen MR) is 65.2 cm³/mol. The summed E-state index contributed by atoms with van der Waals surface area (Å²) in [5.41, 5.74) is 11.0. The van der Waals surface area contributed by atoms with Gasteiger partial charge in [0.1, 0.15) is 0 Å². The molecule has 0 bridgehead atoms. The Hall–Kier alpha value is -0.240. The summed E-state index contributed by atoms with van der Waals surface area (Å²) in [7, 11) is 0. The number of nitrogens with zero attached hydrogens (tertiary/aromatic N) is 2. The topological polar surface area (TPSA) is 99.0 Å². The molecule has 6 nitrogen and oxygen atoms in total. The molecule has 6 N–H and O–H groups in total. The molecule has 98 valence electrons. The molecule has 0 unspecified atom stereocenters. The van der Waals surface area contributed by atoms with Gasteiger partial charge in [0.2, 0.25) is 0 Å². The molecule has 6 heteroatoms. The highest BCUT2D eigenvalue weighted by Gasteiger charge is 2.07. The minimum atomic E-state index is 0.150. The van der Waals surface area contributed by atoms with Gasteiger partial charge in [0.15, 0.2) is 0 Å². The van der Waals surface area contributed by atoms with Crippen LogP contribution in [0, 0.1) is 0 Å². The highest BCUT2D eigenvalue weighted by molar-refractivity contribution is 4.64. The zero-order valence-corrected chi connectivity index (χ0v) is 10.0. The van der Waals surface area contributed by atoms with E-state index in [9.17, 15) is 0 Å². The number of nitrogens with two attached hydrogens (primary N) is 2. The van der Waals surface area contributed by atoms with Crippen LogP contribution in [0.5, 0.6) is 0 Å². The van der Waals surface area contributed by atoms with Crippen LogP contribution in [0.4, 0.5) is 0 Å². The molecular formula is C10H26N4O2. The lowest BCUT2D eigenvalue weighted by Gasteiger charge is -2.26. The van der Waals surface area contributed by atoms with Crippen molar-refractivity contribution in [3.8, 4) is 0 Å². The summed E-state index contributed by atoms with van der Waals surface area (Å²) in [6.07, 6.45) is 0. The fourth-order valence-electron chi connectivity index (χ4n) is 1.60. The van der Waals surface area contributed by atoms with Crippen molar-refractivity contribution < 1.29 is 10.2 Å². The average molecular weight is 234 g/mol. The SMILES string of the molecule is NCCN(CCO)CCN(CCN)CCO. The van der Waals surface area contributed by atoms with Gasteiger partial charge in [-0.3, -0.25) is 9.80 Å². The van der Waals surface area contributed by atoms with Gasteiger partial charge in [0.05, 0.1) is 13.2 Å². The fraction of sp³-hybridized carbons (Fsp3) is 1.00. The summed E-state index contributed by atoms with van der Waals surface area (Å²) in [4.78, 5) is 4.22. The minimum absolute atomic E-state index is 0.150. The summed E-state index contributed by atoms with van der Waals surface area (Å²) in [6, 6.07) is 0. The highest BCUT2D eigenvalue weighted by Crippen LogP contribution is 1.91. The van der Waals surface area contributed by atoms with E-state index in [-0.39, 0.29) is 13.2 Å². The first-order valence-electron chi connectivity index (χ1n) is 5.85. The van der Waals surface area contributed by atoms with Crippen LogP contribution in [0.15, 0.2) is 0 Å². The van der Waals surface area contributed by atoms with Crippen molar-refractivity contribution in [3.05, 3.63) is 0 Å². The number of aliphatic hydroxyl groups excluding tert-OH is 2. The van der Waals surface area contributed by atoms with E-state index in [4.69, 9.17) is 21.7 Å². The number of aliphatic hydroxyl groups is 2. The number of hydrogen-bond acceptors (Lipinski definition) is 6.